The van der Waals surface area contributed by atoms with Crippen molar-refractivity contribution in [3.05, 3.63) is 27.3 Å². The Morgan fingerprint density at radius 1 is 1.36 bits per heavy atom. The van der Waals surface area contributed by atoms with Crippen molar-refractivity contribution < 1.29 is 34.5 Å². The summed E-state index contributed by atoms with van der Waals surface area (Å²) < 4.78 is 20.6. The van der Waals surface area contributed by atoms with Gasteiger partial charge in [-0.05, 0) is 25.1 Å². The maximum absolute atomic E-state index is 9.24. The van der Waals surface area contributed by atoms with E-state index >= 15 is 0 Å². The van der Waals surface area contributed by atoms with Gasteiger partial charge in [0.1, 0.15) is 5.75 Å². The predicted octanol–water partition coefficient (Wildman–Crippen LogP) is -1.43. The van der Waals surface area contributed by atoms with Crippen molar-refractivity contribution in [2.75, 3.05) is 14.2 Å². The molecule has 0 aliphatic carbocycles. The van der Waals surface area contributed by atoms with Gasteiger partial charge in [-0.25, -0.2) is 0 Å². The summed E-state index contributed by atoms with van der Waals surface area (Å²) in [5.41, 5.74) is 1.02. The highest BCUT2D eigenvalue weighted by molar-refractivity contribution is 5.29. The predicted molar refractivity (Wildman–Crippen MR) is 49.3 cm³/mol. The Balaban J connectivity index is 3.08. The lowest BCUT2D eigenvalue weighted by Crippen LogP contribution is -3.61. The molecule has 0 saturated heterocycles. The molecule has 0 aliphatic rings. The van der Waals surface area contributed by atoms with Crippen LogP contribution in [0, 0.1) is 3.57 Å². The van der Waals surface area contributed by atoms with Gasteiger partial charge in [0.15, 0.2) is 0 Å². The molecule has 3 nitrogen and oxygen atoms in total. The molecule has 14 heavy (non-hydrogen) atoms. The van der Waals surface area contributed by atoms with Gasteiger partial charge in [0.2, 0.25) is 3.57 Å². The third kappa shape index (κ3) is 2.59. The third-order valence-corrected chi connectivity index (χ3v) is 3.59. The van der Waals surface area contributed by atoms with Crippen LogP contribution in [0.4, 0.5) is 0 Å². The molecule has 0 unspecified atom stereocenters. The van der Waals surface area contributed by atoms with E-state index < -0.39 is 21.6 Å². The normalized spacial score (nSPS) is 12.6. The quantitative estimate of drug-likeness (QED) is 0.693. The Morgan fingerprint density at radius 3 is 2.57 bits per heavy atom. The van der Waals surface area contributed by atoms with Crippen LogP contribution in [0.15, 0.2) is 18.2 Å². The number of hydrogen-bond acceptors (Lipinski definition) is 3. The van der Waals surface area contributed by atoms with Gasteiger partial charge in [-0.15, -0.1) is 0 Å². The molecular formula is C10H14IO3+. The molecule has 0 aliphatic heterocycles. The van der Waals surface area contributed by atoms with E-state index in [4.69, 9.17) is 9.47 Å². The third-order valence-electron chi connectivity index (χ3n) is 2.09. The monoisotopic (exact) mass is 309 g/mol. The van der Waals surface area contributed by atoms with Crippen molar-refractivity contribution in [3.8, 4) is 5.75 Å². The van der Waals surface area contributed by atoms with Crippen LogP contribution in [0.1, 0.15) is 18.6 Å². The van der Waals surface area contributed by atoms with Crippen molar-refractivity contribution in [3.63, 3.8) is 0 Å². The minimum Gasteiger partial charge on any atom is -0.497 e. The molecule has 1 rings (SSSR count). The molecule has 0 radical (unpaired) electrons. The summed E-state index contributed by atoms with van der Waals surface area (Å²) in [6.45, 7) is 1.96. The van der Waals surface area contributed by atoms with Crippen molar-refractivity contribution in [1.29, 1.82) is 0 Å². The minimum atomic E-state index is -0.906. The second-order valence-corrected chi connectivity index (χ2v) is 4.49. The lowest BCUT2D eigenvalue weighted by molar-refractivity contribution is -0.867. The summed E-state index contributed by atoms with van der Waals surface area (Å²) in [6.07, 6.45) is -0.00745. The smallest absolute Gasteiger partial charge is 0.497 e. The van der Waals surface area contributed by atoms with Crippen LogP contribution < -0.4 is 26.4 Å². The number of benzene rings is 1. The summed E-state index contributed by atoms with van der Waals surface area (Å²) in [5, 5.41) is 0. The molecule has 1 aromatic carbocycles. The number of halogens is 1. The van der Waals surface area contributed by atoms with Crippen LogP contribution in [0.5, 0.6) is 5.75 Å². The minimum absolute atomic E-state index is 0.00745. The molecule has 0 aromatic heterocycles. The van der Waals surface area contributed by atoms with Crippen molar-refractivity contribution in [2.45, 2.75) is 13.0 Å². The molecule has 4 heteroatoms. The zero-order valence-electron chi connectivity index (χ0n) is 8.45. The van der Waals surface area contributed by atoms with Gasteiger partial charge in [-0.1, -0.05) is 0 Å². The molecule has 0 spiro atoms. The first-order valence-electron chi connectivity index (χ1n) is 4.22. The van der Waals surface area contributed by atoms with E-state index in [1.54, 1.807) is 14.2 Å². The first-order chi connectivity index (χ1) is 6.72. The highest BCUT2D eigenvalue weighted by Gasteiger charge is 2.20. The van der Waals surface area contributed by atoms with Crippen LogP contribution in [0.2, 0.25) is 0 Å². The lowest BCUT2D eigenvalue weighted by atomic mass is 10.1. The standard InChI is InChI=1S/C10H14IO3/c1-7(13-2)9-6-8(14-3)4-5-10(9)11-12/h4-7,12H,1-3H3/q+1/t7-/m0/s1. The van der Waals surface area contributed by atoms with Crippen LogP contribution >= 0.6 is 0 Å². The number of methoxy groups -OCH3 is 2. The largest absolute Gasteiger partial charge is 0.519 e. The summed E-state index contributed by atoms with van der Waals surface area (Å²) >= 11 is -0.906. The second kappa shape index (κ2) is 5.53. The van der Waals surface area contributed by atoms with Crippen molar-refractivity contribution in [2.24, 2.45) is 0 Å². The zero-order valence-corrected chi connectivity index (χ0v) is 10.6. The van der Waals surface area contributed by atoms with Crippen LogP contribution in [-0.4, -0.2) is 17.7 Å². The molecule has 78 valence electrons. The fourth-order valence-corrected chi connectivity index (χ4v) is 2.38. The Labute approximate surface area is 94.8 Å². The van der Waals surface area contributed by atoms with Gasteiger partial charge < -0.3 is 9.47 Å². The molecule has 1 atom stereocenters. The lowest BCUT2D eigenvalue weighted by Gasteiger charge is -2.10. The zero-order chi connectivity index (χ0) is 10.6. The molecule has 0 fully saturated rings. The average molecular weight is 309 g/mol. The summed E-state index contributed by atoms with van der Waals surface area (Å²) in [4.78, 5) is 0. The molecule has 0 heterocycles. The van der Waals surface area contributed by atoms with E-state index in [1.165, 1.54) is 0 Å². The van der Waals surface area contributed by atoms with E-state index in [9.17, 15) is 3.44 Å². The maximum atomic E-state index is 9.24. The van der Waals surface area contributed by atoms with Crippen molar-refractivity contribution in [1.82, 2.24) is 0 Å². The Kier molecular flexibility index (Phi) is 4.64. The Morgan fingerprint density at radius 2 is 2.07 bits per heavy atom. The second-order valence-electron chi connectivity index (χ2n) is 2.85. The van der Waals surface area contributed by atoms with Gasteiger partial charge in [-0.3, -0.25) is 0 Å². The van der Waals surface area contributed by atoms with E-state index in [2.05, 4.69) is 0 Å². The number of rotatable bonds is 4. The first kappa shape index (κ1) is 11.7. The van der Waals surface area contributed by atoms with Crippen LogP contribution in [-0.2, 0) is 4.74 Å². The van der Waals surface area contributed by atoms with Gasteiger partial charge in [-0.2, -0.15) is 3.44 Å². The molecule has 1 N–H and O–H groups in total. The summed E-state index contributed by atoms with van der Waals surface area (Å²) in [7, 11) is 3.29. The topological polar surface area (TPSA) is 38.7 Å². The summed E-state index contributed by atoms with van der Waals surface area (Å²) in [6, 6.07) is 5.67. The van der Waals surface area contributed by atoms with Crippen LogP contribution in [0.3, 0.4) is 0 Å². The average Bonchev–Trinajstić information content (AvgIpc) is 2.27. The molecular weight excluding hydrogens is 295 g/mol. The van der Waals surface area contributed by atoms with E-state index in [-0.39, 0.29) is 6.10 Å². The van der Waals surface area contributed by atoms with Gasteiger partial charge in [0.05, 0.1) is 13.2 Å². The van der Waals surface area contributed by atoms with Crippen LogP contribution in [0.25, 0.3) is 0 Å². The maximum Gasteiger partial charge on any atom is 0.519 e. The molecule has 0 bridgehead atoms. The SMILES string of the molecule is COc1ccc([I+]O)c([C@H](C)OC)c1. The summed E-state index contributed by atoms with van der Waals surface area (Å²) in [5.74, 6) is 0.796. The van der Waals surface area contributed by atoms with Gasteiger partial charge in [0.25, 0.3) is 0 Å². The highest BCUT2D eigenvalue weighted by Crippen LogP contribution is 2.20. The Bertz CT molecular complexity index is 301. The Hall–Kier alpha value is -0.330. The molecule has 0 amide bonds. The van der Waals surface area contributed by atoms with E-state index in [0.29, 0.717) is 0 Å². The number of hydrogen-bond donors (Lipinski definition) is 1. The first-order valence-corrected chi connectivity index (χ1v) is 6.26. The van der Waals surface area contributed by atoms with Gasteiger partial charge in [0, 0.05) is 12.7 Å². The fourth-order valence-electron chi connectivity index (χ4n) is 1.16. The molecule has 0 saturated carbocycles. The van der Waals surface area contributed by atoms with Crippen molar-refractivity contribution >= 4 is 0 Å². The number of ether oxygens (including phenoxy) is 2. The fraction of sp³-hybridized carbons (Fsp3) is 0.400. The van der Waals surface area contributed by atoms with E-state index in [1.807, 2.05) is 25.1 Å². The highest BCUT2D eigenvalue weighted by atomic mass is 127. The van der Waals surface area contributed by atoms with Gasteiger partial charge >= 0.3 is 21.6 Å². The van der Waals surface area contributed by atoms with E-state index in [0.717, 1.165) is 14.9 Å². The molecule has 1 aromatic rings.